The fourth-order valence-electron chi connectivity index (χ4n) is 2.70. The Hall–Kier alpha value is -2.93. The first-order valence-electron chi connectivity index (χ1n) is 8.10. The van der Waals surface area contributed by atoms with Gasteiger partial charge in [-0.25, -0.2) is 4.79 Å². The minimum Gasteiger partial charge on any atom is -0.477 e. The molecule has 2 N–H and O–H groups in total. The normalized spacial score (nSPS) is 10.7. The summed E-state index contributed by atoms with van der Waals surface area (Å²) in [6.45, 7) is 3.64. The molecule has 3 rings (SSSR count). The van der Waals surface area contributed by atoms with Gasteiger partial charge in [0.1, 0.15) is 10.6 Å². The van der Waals surface area contributed by atoms with Crippen molar-refractivity contribution in [1.29, 1.82) is 0 Å². The summed E-state index contributed by atoms with van der Waals surface area (Å²) in [5, 5.41) is 16.0. The number of carbonyl (C=O) groups is 2. The van der Waals surface area contributed by atoms with Crippen LogP contribution in [0.1, 0.15) is 33.1 Å². The first-order chi connectivity index (χ1) is 12.5. The summed E-state index contributed by atoms with van der Waals surface area (Å²) in [5.41, 5.74) is 2.92. The molecule has 0 saturated carbocycles. The number of hydrogen-bond acceptors (Lipinski definition) is 5. The van der Waals surface area contributed by atoms with Crippen LogP contribution in [-0.2, 0) is 11.2 Å². The molecule has 2 aromatic heterocycles. The molecule has 1 amide bonds. The Bertz CT molecular complexity index is 924. The van der Waals surface area contributed by atoms with E-state index >= 15 is 0 Å². The molecule has 6 nitrogen and oxygen atoms in total. The van der Waals surface area contributed by atoms with E-state index in [4.69, 9.17) is 4.52 Å². The number of amides is 1. The lowest BCUT2D eigenvalue weighted by atomic mass is 10.1. The molecule has 26 heavy (non-hydrogen) atoms. The van der Waals surface area contributed by atoms with Crippen LogP contribution in [0.4, 0.5) is 5.69 Å². The topological polar surface area (TPSA) is 92.4 Å². The smallest absolute Gasteiger partial charge is 0.348 e. The van der Waals surface area contributed by atoms with Gasteiger partial charge >= 0.3 is 5.97 Å². The molecule has 0 spiro atoms. The van der Waals surface area contributed by atoms with Gasteiger partial charge in [-0.3, -0.25) is 4.79 Å². The predicted molar refractivity (Wildman–Crippen MR) is 99.6 cm³/mol. The van der Waals surface area contributed by atoms with Crippen molar-refractivity contribution < 1.29 is 19.2 Å². The number of aryl methyl sites for hydroxylation is 2. The van der Waals surface area contributed by atoms with Crippen LogP contribution in [0.15, 0.2) is 40.9 Å². The quantitative estimate of drug-likeness (QED) is 0.675. The van der Waals surface area contributed by atoms with Gasteiger partial charge in [0.15, 0.2) is 0 Å². The maximum Gasteiger partial charge on any atom is 0.348 e. The van der Waals surface area contributed by atoms with E-state index in [2.05, 4.69) is 10.5 Å². The molecular formula is C19H18N2O4S. The number of aromatic carboxylic acids is 1. The van der Waals surface area contributed by atoms with Crippen LogP contribution in [0.25, 0.3) is 10.4 Å². The molecule has 0 aliphatic heterocycles. The second kappa shape index (κ2) is 7.53. The minimum atomic E-state index is -1.06. The Balaban J connectivity index is 1.75. The third kappa shape index (κ3) is 3.83. The monoisotopic (exact) mass is 370 g/mol. The Labute approximate surface area is 154 Å². The average molecular weight is 370 g/mol. The highest BCUT2D eigenvalue weighted by atomic mass is 32.1. The van der Waals surface area contributed by atoms with E-state index in [1.807, 2.05) is 37.3 Å². The molecule has 0 aliphatic carbocycles. The number of anilines is 1. The van der Waals surface area contributed by atoms with Crippen molar-refractivity contribution in [3.05, 3.63) is 58.3 Å². The molecule has 0 saturated heterocycles. The largest absolute Gasteiger partial charge is 0.477 e. The number of rotatable bonds is 6. The summed E-state index contributed by atoms with van der Waals surface area (Å²) >= 11 is 1.14. The van der Waals surface area contributed by atoms with Crippen LogP contribution < -0.4 is 5.32 Å². The summed E-state index contributed by atoms with van der Waals surface area (Å²) < 4.78 is 5.09. The number of thiophene rings is 1. The second-order valence-corrected chi connectivity index (χ2v) is 6.93. The van der Waals surface area contributed by atoms with Gasteiger partial charge in [-0.05, 0) is 31.9 Å². The number of aromatic nitrogens is 1. The van der Waals surface area contributed by atoms with Crippen LogP contribution in [0.5, 0.6) is 0 Å². The maximum absolute atomic E-state index is 12.3. The summed E-state index contributed by atoms with van der Waals surface area (Å²) in [6.07, 6.45) is 0.712. The Morgan fingerprint density at radius 3 is 2.58 bits per heavy atom. The lowest BCUT2D eigenvalue weighted by molar-refractivity contribution is -0.116. The second-order valence-electron chi connectivity index (χ2n) is 5.88. The Kier molecular flexibility index (Phi) is 5.18. The lowest BCUT2D eigenvalue weighted by Gasteiger charge is -2.04. The van der Waals surface area contributed by atoms with Gasteiger partial charge in [0.05, 0.1) is 11.4 Å². The van der Waals surface area contributed by atoms with Gasteiger partial charge in [-0.1, -0.05) is 35.5 Å². The molecule has 0 bridgehead atoms. The van der Waals surface area contributed by atoms with Crippen LogP contribution in [0.3, 0.4) is 0 Å². The van der Waals surface area contributed by atoms with Crippen molar-refractivity contribution >= 4 is 28.9 Å². The molecule has 0 unspecified atom stereocenters. The Morgan fingerprint density at radius 2 is 1.96 bits per heavy atom. The van der Waals surface area contributed by atoms with Crippen molar-refractivity contribution in [3.8, 4) is 10.4 Å². The summed E-state index contributed by atoms with van der Waals surface area (Å²) in [5.74, 6) is -0.605. The van der Waals surface area contributed by atoms with Gasteiger partial charge in [0, 0.05) is 16.9 Å². The summed E-state index contributed by atoms with van der Waals surface area (Å²) in [4.78, 5) is 24.7. The van der Waals surface area contributed by atoms with Gasteiger partial charge in [-0.2, -0.15) is 0 Å². The van der Waals surface area contributed by atoms with Crippen LogP contribution in [0, 0.1) is 13.8 Å². The van der Waals surface area contributed by atoms with E-state index in [9.17, 15) is 14.7 Å². The molecular weight excluding hydrogens is 352 g/mol. The highest BCUT2D eigenvalue weighted by molar-refractivity contribution is 7.18. The number of carboxylic acids is 1. The number of carboxylic acid groups (broad SMARTS) is 1. The molecule has 0 fully saturated rings. The molecule has 134 valence electrons. The molecule has 0 atom stereocenters. The van der Waals surface area contributed by atoms with Crippen molar-refractivity contribution in [1.82, 2.24) is 5.16 Å². The first-order valence-corrected chi connectivity index (χ1v) is 8.91. The SMILES string of the molecule is Cc1noc(C)c1CCC(=O)Nc1cc(-c2ccccc2)sc1C(=O)O. The standard InChI is InChI=1S/C19H18N2O4S/c1-11-14(12(2)25-21-11)8-9-17(22)20-15-10-16(26-18(15)19(23)24)13-6-4-3-5-7-13/h3-7,10H,8-9H2,1-2H3,(H,20,22)(H,23,24). The number of hydrogen-bond donors (Lipinski definition) is 2. The molecule has 0 aliphatic rings. The number of nitrogens with one attached hydrogen (secondary N) is 1. The highest BCUT2D eigenvalue weighted by Crippen LogP contribution is 2.35. The number of nitrogens with zero attached hydrogens (tertiary/aromatic N) is 1. The number of benzene rings is 1. The zero-order valence-corrected chi connectivity index (χ0v) is 15.2. The van der Waals surface area contributed by atoms with E-state index in [1.165, 1.54) is 0 Å². The van der Waals surface area contributed by atoms with Gasteiger partial charge < -0.3 is 14.9 Å². The van der Waals surface area contributed by atoms with Gasteiger partial charge in [0.2, 0.25) is 5.91 Å². The lowest BCUT2D eigenvalue weighted by Crippen LogP contribution is -2.14. The van der Waals surface area contributed by atoms with Gasteiger partial charge in [-0.15, -0.1) is 11.3 Å². The average Bonchev–Trinajstić information content (AvgIpc) is 3.18. The van der Waals surface area contributed by atoms with E-state index in [0.717, 1.165) is 33.0 Å². The Morgan fingerprint density at radius 1 is 1.23 bits per heavy atom. The molecule has 0 radical (unpaired) electrons. The van der Waals surface area contributed by atoms with Gasteiger partial charge in [0.25, 0.3) is 0 Å². The van der Waals surface area contributed by atoms with Crippen molar-refractivity contribution in [2.24, 2.45) is 0 Å². The van der Waals surface area contributed by atoms with Crippen LogP contribution in [0.2, 0.25) is 0 Å². The van der Waals surface area contributed by atoms with E-state index in [1.54, 1.807) is 13.0 Å². The van der Waals surface area contributed by atoms with Crippen LogP contribution in [-0.4, -0.2) is 22.1 Å². The maximum atomic E-state index is 12.3. The minimum absolute atomic E-state index is 0.120. The molecule has 2 heterocycles. The predicted octanol–water partition coefficient (Wildman–Crippen LogP) is 4.29. The fraction of sp³-hybridized carbons (Fsp3) is 0.211. The molecule has 7 heteroatoms. The van der Waals surface area contributed by atoms with E-state index < -0.39 is 5.97 Å². The van der Waals surface area contributed by atoms with E-state index in [-0.39, 0.29) is 17.2 Å². The molecule has 3 aromatic rings. The fourth-order valence-corrected chi connectivity index (χ4v) is 3.66. The van der Waals surface area contributed by atoms with Crippen molar-refractivity contribution in [2.45, 2.75) is 26.7 Å². The van der Waals surface area contributed by atoms with Crippen molar-refractivity contribution in [3.63, 3.8) is 0 Å². The third-order valence-corrected chi connectivity index (χ3v) is 5.21. The molecule has 1 aromatic carbocycles. The zero-order chi connectivity index (χ0) is 18.7. The summed E-state index contributed by atoms with van der Waals surface area (Å²) in [7, 11) is 0. The van der Waals surface area contributed by atoms with E-state index in [0.29, 0.717) is 17.9 Å². The van der Waals surface area contributed by atoms with Crippen molar-refractivity contribution in [2.75, 3.05) is 5.32 Å². The highest BCUT2D eigenvalue weighted by Gasteiger charge is 2.19. The third-order valence-electron chi connectivity index (χ3n) is 4.04. The zero-order valence-electron chi connectivity index (χ0n) is 14.4. The summed E-state index contributed by atoms with van der Waals surface area (Å²) in [6, 6.07) is 11.2. The first kappa shape index (κ1) is 17.9. The van der Waals surface area contributed by atoms with Crippen LogP contribution >= 0.6 is 11.3 Å². The number of carbonyl (C=O) groups excluding carboxylic acids is 1.